The van der Waals surface area contributed by atoms with Crippen molar-refractivity contribution in [2.24, 2.45) is 5.92 Å². The summed E-state index contributed by atoms with van der Waals surface area (Å²) in [6, 6.07) is 0. The van der Waals surface area contributed by atoms with Crippen molar-refractivity contribution < 1.29 is 0 Å². The molecule has 0 atom stereocenters. The van der Waals surface area contributed by atoms with Crippen LogP contribution in [0.25, 0.3) is 0 Å². The average molecular weight is 162 g/mol. The molecule has 0 unspecified atom stereocenters. The van der Waals surface area contributed by atoms with Gasteiger partial charge in [-0.2, -0.15) is 0 Å². The summed E-state index contributed by atoms with van der Waals surface area (Å²) in [7, 11) is -0.766. The first-order valence-corrected chi connectivity index (χ1v) is 7.89. The topological polar surface area (TPSA) is 0 Å². The van der Waals surface area contributed by atoms with Gasteiger partial charge in [-0.05, 0) is 0 Å². The monoisotopic (exact) mass is 162 g/mol. The zero-order valence-electron chi connectivity index (χ0n) is 8.20. The van der Waals surface area contributed by atoms with Gasteiger partial charge in [-0.3, -0.25) is 0 Å². The average Bonchev–Trinajstić information content (AvgIpc) is 1.59. The Morgan fingerprint density at radius 1 is 1.20 bits per heavy atom. The van der Waals surface area contributed by atoms with Crippen LogP contribution in [0.4, 0.5) is 0 Å². The zero-order valence-corrected chi connectivity index (χ0v) is 9.20. The Bertz CT molecular complexity index is 84.7. The van der Waals surface area contributed by atoms with E-state index in [0.717, 1.165) is 5.92 Å². The van der Waals surface area contributed by atoms with Gasteiger partial charge in [0.25, 0.3) is 0 Å². The number of rotatable bonds is 4. The molecule has 0 nitrogen and oxygen atoms in total. The van der Waals surface area contributed by atoms with Crippen LogP contribution in [0, 0.1) is 5.92 Å². The second kappa shape index (κ2) is 4.34. The molecule has 0 saturated carbocycles. The zero-order chi connectivity index (χ0) is 8.20. The van der Waals surface area contributed by atoms with E-state index < -0.39 is 7.26 Å². The summed E-state index contributed by atoms with van der Waals surface area (Å²) in [5.41, 5.74) is 0. The van der Waals surface area contributed by atoms with Crippen molar-refractivity contribution in [3.05, 3.63) is 0 Å². The summed E-state index contributed by atoms with van der Waals surface area (Å²) in [6.07, 6.45) is 4.39. The molecular formula is C9H23P. The molecule has 0 aromatic rings. The van der Waals surface area contributed by atoms with E-state index in [9.17, 15) is 0 Å². The second-order valence-electron chi connectivity index (χ2n) is 4.51. The quantitative estimate of drug-likeness (QED) is 0.557. The molecule has 0 rings (SSSR count). The van der Waals surface area contributed by atoms with Crippen molar-refractivity contribution in [3.63, 3.8) is 0 Å². The third kappa shape index (κ3) is 5.23. The molecule has 0 heterocycles. The Morgan fingerprint density at radius 3 is 2.00 bits per heavy atom. The van der Waals surface area contributed by atoms with Crippen LogP contribution in [0.2, 0.25) is 0 Å². The molecule has 0 aliphatic rings. The molecular weight excluding hydrogens is 139 g/mol. The van der Waals surface area contributed by atoms with Gasteiger partial charge >= 0.3 is 66.0 Å². The normalized spacial score (nSPS) is 14.2. The third-order valence-electron chi connectivity index (χ3n) is 1.89. The van der Waals surface area contributed by atoms with E-state index in [2.05, 4.69) is 34.1 Å². The van der Waals surface area contributed by atoms with Crippen molar-refractivity contribution in [1.29, 1.82) is 0 Å². The third-order valence-corrected chi connectivity index (χ3v) is 5.66. The van der Waals surface area contributed by atoms with Crippen LogP contribution in [0.5, 0.6) is 0 Å². The van der Waals surface area contributed by atoms with Gasteiger partial charge in [0.2, 0.25) is 0 Å². The van der Waals surface area contributed by atoms with Gasteiger partial charge in [-0.15, -0.1) is 0 Å². The van der Waals surface area contributed by atoms with Crippen molar-refractivity contribution in [2.45, 2.75) is 27.2 Å². The fourth-order valence-electron chi connectivity index (χ4n) is 1.88. The van der Waals surface area contributed by atoms with E-state index in [4.69, 9.17) is 0 Å². The predicted molar refractivity (Wildman–Crippen MR) is 55.0 cm³/mol. The molecule has 64 valence electrons. The van der Waals surface area contributed by atoms with Gasteiger partial charge in [-0.1, -0.05) is 0 Å². The van der Waals surface area contributed by atoms with Crippen molar-refractivity contribution in [3.8, 4) is 0 Å². The van der Waals surface area contributed by atoms with Gasteiger partial charge < -0.3 is 0 Å². The Morgan fingerprint density at radius 2 is 1.70 bits per heavy atom. The van der Waals surface area contributed by atoms with Crippen LogP contribution in [0.15, 0.2) is 0 Å². The predicted octanol–water partition coefficient (Wildman–Crippen LogP) is 3.06. The fourth-order valence-corrected chi connectivity index (χ4v) is 5.65. The van der Waals surface area contributed by atoms with E-state index in [-0.39, 0.29) is 0 Å². The first-order chi connectivity index (χ1) is 4.48. The van der Waals surface area contributed by atoms with E-state index >= 15 is 0 Å². The van der Waals surface area contributed by atoms with Crippen LogP contribution in [-0.4, -0.2) is 25.7 Å². The molecule has 0 aliphatic carbocycles. The molecule has 0 aromatic carbocycles. The van der Waals surface area contributed by atoms with Crippen LogP contribution in [-0.2, 0) is 0 Å². The van der Waals surface area contributed by atoms with Gasteiger partial charge in [0.15, 0.2) is 0 Å². The van der Waals surface area contributed by atoms with Crippen LogP contribution < -0.4 is 0 Å². The summed E-state index contributed by atoms with van der Waals surface area (Å²) in [5.74, 6) is 0.910. The van der Waals surface area contributed by atoms with E-state index in [1.807, 2.05) is 0 Å². The molecule has 0 amide bonds. The van der Waals surface area contributed by atoms with Gasteiger partial charge in [0.1, 0.15) is 0 Å². The molecule has 10 heavy (non-hydrogen) atoms. The maximum atomic E-state index is 2.51. The minimum absolute atomic E-state index is 0.766. The Kier molecular flexibility index (Phi) is 4.52. The van der Waals surface area contributed by atoms with Crippen LogP contribution in [0.3, 0.4) is 0 Å². The van der Waals surface area contributed by atoms with E-state index in [1.54, 1.807) is 0 Å². The van der Waals surface area contributed by atoms with E-state index in [1.165, 1.54) is 18.7 Å². The van der Waals surface area contributed by atoms with Gasteiger partial charge in [0, 0.05) is 0 Å². The second-order valence-corrected chi connectivity index (χ2v) is 9.75. The van der Waals surface area contributed by atoms with Crippen LogP contribution in [0.1, 0.15) is 27.2 Å². The first-order valence-electron chi connectivity index (χ1n) is 4.48. The Balaban J connectivity index is 3.63. The number of hydrogen-bond donors (Lipinski definition) is 0. The van der Waals surface area contributed by atoms with Crippen molar-refractivity contribution in [1.82, 2.24) is 0 Å². The fraction of sp³-hybridized carbons (Fsp3) is 1.00. The molecule has 1 heteroatoms. The van der Waals surface area contributed by atoms with Crippen LogP contribution >= 0.6 is 7.26 Å². The summed E-state index contributed by atoms with van der Waals surface area (Å²) in [6.45, 7) is 12.0. The molecule has 0 aliphatic heterocycles. The summed E-state index contributed by atoms with van der Waals surface area (Å²) < 4.78 is 0. The maximum absolute atomic E-state index is 2.51. The molecule has 0 spiro atoms. The Labute approximate surface area is 66.7 Å². The summed E-state index contributed by atoms with van der Waals surface area (Å²) >= 11 is 0. The Hall–Kier alpha value is 0.430. The molecule has 0 fully saturated rings. The standard InChI is InChI=1S/C9H23P/c1-6-7-10(4,5)8-9(2)3/h9-10H,6-8H2,1-5H3. The number of hydrogen-bond acceptors (Lipinski definition) is 0. The minimum atomic E-state index is -0.766. The molecule has 0 bridgehead atoms. The van der Waals surface area contributed by atoms with E-state index in [0.29, 0.717) is 0 Å². The SMILES string of the molecule is CCC[PH](C)(C)CC(C)C. The molecule has 0 N–H and O–H groups in total. The van der Waals surface area contributed by atoms with Gasteiger partial charge in [0.05, 0.1) is 0 Å². The molecule has 0 radical (unpaired) electrons. The van der Waals surface area contributed by atoms with Gasteiger partial charge in [-0.25, -0.2) is 0 Å². The molecule has 0 aromatic heterocycles. The first kappa shape index (κ1) is 10.4. The van der Waals surface area contributed by atoms with Crippen molar-refractivity contribution in [2.75, 3.05) is 25.7 Å². The molecule has 0 saturated heterocycles. The van der Waals surface area contributed by atoms with Crippen molar-refractivity contribution >= 4 is 7.26 Å². The summed E-state index contributed by atoms with van der Waals surface area (Å²) in [4.78, 5) is 0. The summed E-state index contributed by atoms with van der Waals surface area (Å²) in [5, 5.41) is 0.